The Balaban J connectivity index is 1.36. The zero-order valence-electron chi connectivity index (χ0n) is 21.6. The molecule has 3 fully saturated rings. The van der Waals surface area contributed by atoms with Crippen molar-refractivity contribution in [1.82, 2.24) is 14.7 Å². The highest BCUT2D eigenvalue weighted by Crippen LogP contribution is 2.41. The first kappa shape index (κ1) is 25.8. The number of hydrogen-bond donors (Lipinski definition) is 0. The van der Waals surface area contributed by atoms with Crippen LogP contribution >= 0.6 is 11.8 Å². The molecule has 2 aliphatic carbocycles. The second-order valence-electron chi connectivity index (χ2n) is 10.9. The van der Waals surface area contributed by atoms with E-state index in [1.165, 1.54) is 32.1 Å². The molecule has 0 aromatic rings. The molecule has 4 unspecified atom stereocenters. The van der Waals surface area contributed by atoms with E-state index in [0.717, 1.165) is 36.5 Å². The van der Waals surface area contributed by atoms with Crippen molar-refractivity contribution in [2.24, 2.45) is 17.8 Å². The van der Waals surface area contributed by atoms with Gasteiger partial charge in [0, 0.05) is 50.4 Å². The van der Waals surface area contributed by atoms with E-state index in [0.29, 0.717) is 32.1 Å². The standard InChI is InChI=1S/C28H41N3O4S/c1-2-35-28(34)24-25(29-14-16-30(17-15-29)26(32)23-13-8-18-36-23)21-11-6-7-12-22(21)31(27(24)33)19-20-9-4-3-5-10-20/h7,12-13,20-22,24-25H,2-6,8-11,14-19H2,1H3. The minimum Gasteiger partial charge on any atom is -0.465 e. The van der Waals surface area contributed by atoms with Gasteiger partial charge in [-0.2, -0.15) is 0 Å². The van der Waals surface area contributed by atoms with Crippen molar-refractivity contribution in [3.8, 4) is 0 Å². The minimum atomic E-state index is -0.781. The van der Waals surface area contributed by atoms with Gasteiger partial charge in [0.15, 0.2) is 5.92 Å². The maximum atomic E-state index is 14.1. The lowest BCUT2D eigenvalue weighted by Gasteiger charge is -2.53. The van der Waals surface area contributed by atoms with Gasteiger partial charge in [0.2, 0.25) is 5.91 Å². The molecule has 0 spiro atoms. The van der Waals surface area contributed by atoms with Gasteiger partial charge in [-0.05, 0) is 44.9 Å². The molecule has 36 heavy (non-hydrogen) atoms. The normalized spacial score (nSPS) is 31.8. The summed E-state index contributed by atoms with van der Waals surface area (Å²) < 4.78 is 5.51. The quantitative estimate of drug-likeness (QED) is 0.307. The molecule has 2 amide bonds. The molecule has 4 atom stereocenters. The van der Waals surface area contributed by atoms with Crippen molar-refractivity contribution in [3.63, 3.8) is 0 Å². The predicted molar refractivity (Wildman–Crippen MR) is 141 cm³/mol. The number of amides is 2. The highest BCUT2D eigenvalue weighted by molar-refractivity contribution is 8.04. The number of esters is 1. The van der Waals surface area contributed by atoms with Gasteiger partial charge in [-0.3, -0.25) is 19.3 Å². The monoisotopic (exact) mass is 515 g/mol. The Morgan fingerprint density at radius 1 is 1.06 bits per heavy atom. The van der Waals surface area contributed by atoms with Gasteiger partial charge < -0.3 is 14.5 Å². The fraction of sp³-hybridized carbons (Fsp3) is 0.750. The number of hydrogen-bond acceptors (Lipinski definition) is 6. The molecule has 5 rings (SSSR count). The molecule has 3 aliphatic heterocycles. The number of piperidine rings is 1. The van der Waals surface area contributed by atoms with E-state index in [2.05, 4.69) is 23.1 Å². The van der Waals surface area contributed by atoms with Crippen LogP contribution in [0.5, 0.6) is 0 Å². The van der Waals surface area contributed by atoms with E-state index in [-0.39, 0.29) is 42.4 Å². The van der Waals surface area contributed by atoms with E-state index in [9.17, 15) is 14.4 Å². The fourth-order valence-electron chi connectivity index (χ4n) is 7.02. The molecule has 198 valence electrons. The molecule has 3 heterocycles. The third-order valence-corrected chi connectivity index (χ3v) is 9.88. The lowest BCUT2D eigenvalue weighted by atomic mass is 9.71. The van der Waals surface area contributed by atoms with Crippen molar-refractivity contribution >= 4 is 29.5 Å². The largest absolute Gasteiger partial charge is 0.465 e. The van der Waals surface area contributed by atoms with Gasteiger partial charge in [0.25, 0.3) is 5.91 Å². The first-order valence-corrected chi connectivity index (χ1v) is 15.1. The number of carbonyl (C=O) groups is 3. The summed E-state index contributed by atoms with van der Waals surface area (Å²) in [6, 6.07) is -0.130. The number of ether oxygens (including phenoxy) is 1. The summed E-state index contributed by atoms with van der Waals surface area (Å²) in [7, 11) is 0. The maximum absolute atomic E-state index is 14.1. The molecule has 2 saturated heterocycles. The molecular formula is C28H41N3O4S. The average molecular weight is 516 g/mol. The number of fused-ring (bicyclic) bond motifs is 1. The van der Waals surface area contributed by atoms with Crippen LogP contribution in [0.15, 0.2) is 23.1 Å². The Bertz CT molecular complexity index is 891. The Labute approximate surface area is 219 Å². The fourth-order valence-corrected chi connectivity index (χ4v) is 7.97. The van der Waals surface area contributed by atoms with Crippen molar-refractivity contribution in [3.05, 3.63) is 23.1 Å². The summed E-state index contributed by atoms with van der Waals surface area (Å²) in [5, 5.41) is 0. The van der Waals surface area contributed by atoms with Gasteiger partial charge in [-0.25, -0.2) is 0 Å². The number of thioether (sulfide) groups is 1. The zero-order valence-corrected chi connectivity index (χ0v) is 22.4. The summed E-state index contributed by atoms with van der Waals surface area (Å²) in [6.45, 7) is 5.49. The highest BCUT2D eigenvalue weighted by atomic mass is 32.2. The van der Waals surface area contributed by atoms with Crippen LogP contribution in [-0.4, -0.2) is 89.7 Å². The minimum absolute atomic E-state index is 0.0450. The molecule has 7 nitrogen and oxygen atoms in total. The lowest BCUT2D eigenvalue weighted by molar-refractivity contribution is -0.169. The Morgan fingerprint density at radius 2 is 1.83 bits per heavy atom. The Kier molecular flexibility index (Phi) is 8.41. The third-order valence-electron chi connectivity index (χ3n) is 8.79. The van der Waals surface area contributed by atoms with Crippen LogP contribution < -0.4 is 0 Å². The second-order valence-corrected chi connectivity index (χ2v) is 12.0. The van der Waals surface area contributed by atoms with Crippen molar-refractivity contribution in [2.45, 2.75) is 70.4 Å². The SMILES string of the molecule is CCOC(=O)C1C(=O)N(CC2CCCCC2)C2C=CCCC2C1N1CCN(C(=O)C2=CCCS2)CC1. The third kappa shape index (κ3) is 5.26. The van der Waals surface area contributed by atoms with Crippen LogP contribution in [0.1, 0.15) is 58.3 Å². The summed E-state index contributed by atoms with van der Waals surface area (Å²) in [6.07, 6.45) is 15.5. The molecule has 0 aromatic carbocycles. The highest BCUT2D eigenvalue weighted by Gasteiger charge is 2.54. The zero-order chi connectivity index (χ0) is 25.1. The van der Waals surface area contributed by atoms with Gasteiger partial charge in [0.05, 0.1) is 17.6 Å². The van der Waals surface area contributed by atoms with Crippen molar-refractivity contribution in [1.29, 1.82) is 0 Å². The molecule has 0 radical (unpaired) electrons. The number of piperazine rings is 1. The summed E-state index contributed by atoms with van der Waals surface area (Å²) in [4.78, 5) is 47.5. The van der Waals surface area contributed by atoms with E-state index in [1.54, 1.807) is 11.8 Å². The maximum Gasteiger partial charge on any atom is 0.320 e. The second kappa shape index (κ2) is 11.7. The van der Waals surface area contributed by atoms with Crippen molar-refractivity contribution < 1.29 is 19.1 Å². The lowest BCUT2D eigenvalue weighted by Crippen LogP contribution is -2.68. The van der Waals surface area contributed by atoms with E-state index >= 15 is 0 Å². The molecule has 5 aliphatic rings. The van der Waals surface area contributed by atoms with Crippen LogP contribution in [0.2, 0.25) is 0 Å². The smallest absolute Gasteiger partial charge is 0.320 e. The summed E-state index contributed by atoms with van der Waals surface area (Å²) in [5.41, 5.74) is 0. The Hall–Kier alpha value is -1.80. The number of carbonyl (C=O) groups excluding carboxylic acids is 3. The molecule has 0 aromatic heterocycles. The molecule has 8 heteroatoms. The van der Waals surface area contributed by atoms with E-state index < -0.39 is 5.92 Å². The first-order chi connectivity index (χ1) is 17.6. The molecule has 0 bridgehead atoms. The molecule has 0 N–H and O–H groups in total. The topological polar surface area (TPSA) is 70.2 Å². The van der Waals surface area contributed by atoms with Crippen LogP contribution in [-0.2, 0) is 19.1 Å². The number of allylic oxidation sites excluding steroid dienone is 2. The van der Waals surface area contributed by atoms with Gasteiger partial charge in [-0.15, -0.1) is 11.8 Å². The number of rotatable bonds is 6. The van der Waals surface area contributed by atoms with Crippen LogP contribution in [0.25, 0.3) is 0 Å². The predicted octanol–water partition coefficient (Wildman–Crippen LogP) is 3.46. The molecule has 1 saturated carbocycles. The van der Waals surface area contributed by atoms with E-state index in [1.807, 2.05) is 16.7 Å². The molecular weight excluding hydrogens is 474 g/mol. The Morgan fingerprint density at radius 3 is 2.53 bits per heavy atom. The van der Waals surface area contributed by atoms with Crippen molar-refractivity contribution in [2.75, 3.05) is 45.1 Å². The van der Waals surface area contributed by atoms with Gasteiger partial charge in [0.1, 0.15) is 0 Å². The first-order valence-electron chi connectivity index (χ1n) is 14.1. The number of nitrogens with zero attached hydrogens (tertiary/aromatic N) is 3. The van der Waals surface area contributed by atoms with Crippen LogP contribution in [0.4, 0.5) is 0 Å². The average Bonchev–Trinajstić information content (AvgIpc) is 3.45. The van der Waals surface area contributed by atoms with Gasteiger partial charge >= 0.3 is 5.97 Å². The number of likely N-dealkylation sites (tertiary alicyclic amines) is 1. The van der Waals surface area contributed by atoms with E-state index in [4.69, 9.17) is 4.74 Å². The van der Waals surface area contributed by atoms with Crippen LogP contribution in [0, 0.1) is 17.8 Å². The summed E-state index contributed by atoms with van der Waals surface area (Å²) >= 11 is 1.65. The van der Waals surface area contributed by atoms with Crippen LogP contribution in [0.3, 0.4) is 0 Å². The van der Waals surface area contributed by atoms with Gasteiger partial charge in [-0.1, -0.05) is 37.5 Å². The summed E-state index contributed by atoms with van der Waals surface area (Å²) in [5.74, 6) is 0.646.